The van der Waals surface area contributed by atoms with Gasteiger partial charge < -0.3 is 0 Å². The first-order valence-corrected chi connectivity index (χ1v) is 11.4. The fourth-order valence-corrected chi connectivity index (χ4v) is 9.40. The number of benzene rings is 3. The van der Waals surface area contributed by atoms with Gasteiger partial charge in [0.1, 0.15) is 0 Å². The van der Waals surface area contributed by atoms with Crippen LogP contribution in [0.2, 0.25) is 0 Å². The minimum atomic E-state index is -5.01. The Bertz CT molecular complexity index is 1090. The van der Waals surface area contributed by atoms with Crippen molar-refractivity contribution in [1.82, 2.24) is 4.67 Å². The normalized spacial score (nSPS) is 23.6. The number of nitrogens with zero attached hydrogens (tertiary/aromatic N) is 2. The van der Waals surface area contributed by atoms with Crippen LogP contribution in [-0.2, 0) is 0 Å². The third kappa shape index (κ3) is 1.43. The van der Waals surface area contributed by atoms with E-state index in [1.165, 1.54) is 0 Å². The minimum absolute atomic E-state index is 0.594. The van der Waals surface area contributed by atoms with Crippen LogP contribution in [0.4, 0.5) is 0 Å². The molecule has 0 bridgehead atoms. The number of fused-ring (bicyclic) bond motifs is 2. The van der Waals surface area contributed by atoms with Gasteiger partial charge in [-0.15, -0.1) is 0 Å². The zero-order chi connectivity index (χ0) is 19.0. The van der Waals surface area contributed by atoms with Crippen LogP contribution in [0.5, 0.6) is 23.0 Å². The van der Waals surface area contributed by atoms with Crippen LogP contribution in [0.15, 0.2) is 78.9 Å². The predicted octanol–water partition coefficient (Wildman–Crippen LogP) is 4.54. The van der Waals surface area contributed by atoms with Gasteiger partial charge in [-0.05, 0) is 0 Å². The molecule has 0 atom stereocenters. The van der Waals surface area contributed by atoms with Crippen LogP contribution in [0.1, 0.15) is 5.56 Å². The summed E-state index contributed by atoms with van der Waals surface area (Å²) in [7, 11) is -1.21. The summed E-state index contributed by atoms with van der Waals surface area (Å²) < 4.78 is 30.3. The Balaban J connectivity index is 1.66. The summed E-state index contributed by atoms with van der Waals surface area (Å²) in [5, 5.41) is 0. The second kappa shape index (κ2) is 4.42. The molecule has 0 aromatic heterocycles. The van der Waals surface area contributed by atoms with Crippen LogP contribution >= 0.6 is 7.15 Å². The van der Waals surface area contributed by atoms with Gasteiger partial charge in [-0.3, -0.25) is 0 Å². The Kier molecular flexibility index (Phi) is 2.49. The molecule has 3 aromatic carbocycles. The molecule has 142 valence electrons. The third-order valence-electron chi connectivity index (χ3n) is 5.76. The van der Waals surface area contributed by atoms with E-state index in [0.717, 1.165) is 11.4 Å². The molecule has 6 rings (SSSR count). The first-order chi connectivity index (χ1) is 13.5. The van der Waals surface area contributed by atoms with Crippen molar-refractivity contribution < 1.29 is 22.4 Å². The van der Waals surface area contributed by atoms with Crippen LogP contribution in [0, 0.1) is 0 Å². The van der Waals surface area contributed by atoms with E-state index in [1.807, 2.05) is 102 Å². The molecule has 3 aliphatic rings. The van der Waals surface area contributed by atoms with E-state index in [0.29, 0.717) is 23.0 Å². The molecule has 0 saturated heterocycles. The first kappa shape index (κ1) is 15.8. The molecule has 6 nitrogen and oxygen atoms in total. The number of hydrogen-bond donors (Lipinski definition) is 0. The third-order valence-corrected chi connectivity index (χ3v) is 11.0. The van der Waals surface area contributed by atoms with Gasteiger partial charge >= 0.3 is 162 Å². The van der Waals surface area contributed by atoms with Crippen molar-refractivity contribution in [3.05, 3.63) is 84.4 Å². The van der Waals surface area contributed by atoms with E-state index < -0.39 is 7.15 Å². The Morgan fingerprint density at radius 1 is 0.643 bits per heavy atom. The summed E-state index contributed by atoms with van der Waals surface area (Å²) in [6, 6.07) is 25.1. The van der Waals surface area contributed by atoms with Crippen LogP contribution in [0.25, 0.3) is 0 Å². The van der Waals surface area contributed by atoms with Gasteiger partial charge in [0.25, 0.3) is 0 Å². The molecule has 0 N–H and O–H groups in total. The molecule has 3 heterocycles. The van der Waals surface area contributed by atoms with Crippen molar-refractivity contribution in [3.63, 3.8) is 0 Å². The molecule has 28 heavy (non-hydrogen) atoms. The molecule has 3 aliphatic heterocycles. The molecule has 1 spiro atoms. The molecule has 0 fully saturated rings. The molecule has 0 radical (unpaired) electrons. The number of hydrogen-bond acceptors (Lipinski definition) is 5. The molecule has 3 aromatic rings. The maximum atomic E-state index is 6.63. The monoisotopic (exact) mass is 394 g/mol. The Labute approximate surface area is 162 Å². The number of para-hydroxylation sites is 4. The van der Waals surface area contributed by atoms with Crippen molar-refractivity contribution in [2.24, 2.45) is 0 Å². The Morgan fingerprint density at radius 3 is 1.43 bits per heavy atom. The van der Waals surface area contributed by atoms with E-state index in [-0.39, 0.29) is 0 Å². The zero-order valence-electron chi connectivity index (χ0n) is 15.5. The van der Waals surface area contributed by atoms with Gasteiger partial charge in [-0.2, -0.15) is 0 Å². The van der Waals surface area contributed by atoms with Crippen LogP contribution in [-0.4, -0.2) is 28.9 Å². The van der Waals surface area contributed by atoms with Crippen molar-refractivity contribution in [3.8, 4) is 23.0 Å². The first-order valence-electron chi connectivity index (χ1n) is 9.10. The molecule has 0 saturated carbocycles. The second-order valence-electron chi connectivity index (χ2n) is 7.19. The van der Waals surface area contributed by atoms with Crippen molar-refractivity contribution in [2.75, 3.05) is 14.1 Å². The van der Waals surface area contributed by atoms with Crippen molar-refractivity contribution >= 4 is 13.0 Å². The molecule has 0 amide bonds. The fourth-order valence-electron chi connectivity index (χ4n) is 4.37. The van der Waals surface area contributed by atoms with E-state index in [1.54, 1.807) is 0 Å². The number of rotatable bonds is 1. The standard InChI is InChI=1S/C21H19N2O4P/c1-22-21(16-10-4-3-5-11-16)23(2)28(22,24-17-12-6-7-13-18(17)25-28)26-19-14-8-9-15-20(19)27-28/h3-15H,1-2H3. The average Bonchev–Trinajstić information content (AvgIpc) is 3.23. The summed E-state index contributed by atoms with van der Waals surface area (Å²) >= 11 is 0. The van der Waals surface area contributed by atoms with Gasteiger partial charge in [0.2, 0.25) is 0 Å². The van der Waals surface area contributed by atoms with Gasteiger partial charge in [0.05, 0.1) is 0 Å². The van der Waals surface area contributed by atoms with E-state index >= 15 is 0 Å². The Morgan fingerprint density at radius 2 is 1.04 bits per heavy atom. The van der Waals surface area contributed by atoms with Crippen LogP contribution < -0.4 is 18.1 Å². The molecular formula is C21H19N2O4P. The summed E-state index contributed by atoms with van der Waals surface area (Å²) in [5.41, 5.74) is 1.02. The van der Waals surface area contributed by atoms with E-state index in [2.05, 4.69) is 0 Å². The Hall–Kier alpha value is -3.24. The average molecular weight is 394 g/mol. The van der Waals surface area contributed by atoms with Crippen molar-refractivity contribution in [2.45, 2.75) is 0 Å². The van der Waals surface area contributed by atoms with Gasteiger partial charge in [0.15, 0.2) is 0 Å². The maximum absolute atomic E-state index is 6.63. The summed E-state index contributed by atoms with van der Waals surface area (Å²) in [4.78, 5) is 0. The number of amidine groups is 1. The summed E-state index contributed by atoms with van der Waals surface area (Å²) in [6.45, 7) is 0. The van der Waals surface area contributed by atoms with Gasteiger partial charge in [0, 0.05) is 0 Å². The van der Waals surface area contributed by atoms with Crippen molar-refractivity contribution in [1.29, 1.82) is 0 Å². The fraction of sp³-hybridized carbons (Fsp3) is 0.0952. The second-order valence-corrected chi connectivity index (χ2v) is 11.5. The topological polar surface area (TPSA) is 43.2 Å². The molecule has 7 heteroatoms. The van der Waals surface area contributed by atoms with E-state index in [4.69, 9.17) is 18.1 Å². The van der Waals surface area contributed by atoms with Gasteiger partial charge in [-0.25, -0.2) is 0 Å². The molecular weight excluding hydrogens is 375 g/mol. The quantitative estimate of drug-likeness (QED) is 0.567. The molecule has 0 unspecified atom stereocenters. The van der Waals surface area contributed by atoms with Gasteiger partial charge in [-0.1, -0.05) is 0 Å². The molecule has 0 aliphatic carbocycles. The predicted molar refractivity (Wildman–Crippen MR) is 107 cm³/mol. The summed E-state index contributed by atoms with van der Waals surface area (Å²) in [6.07, 6.45) is 0. The van der Waals surface area contributed by atoms with E-state index in [9.17, 15) is 0 Å². The summed E-state index contributed by atoms with van der Waals surface area (Å²) in [5.74, 6) is 3.28. The SMILES string of the molecule is CN1C(c2ccccc2)=[N+](C)[P-]123(Oc1ccccc1O2)Oc1ccccc1O3. The zero-order valence-corrected chi connectivity index (χ0v) is 16.4. The van der Waals surface area contributed by atoms with Crippen LogP contribution in [0.3, 0.4) is 0 Å².